The summed E-state index contributed by atoms with van der Waals surface area (Å²) in [6, 6.07) is 24.3. The van der Waals surface area contributed by atoms with Crippen LogP contribution in [-0.4, -0.2) is 29.7 Å². The van der Waals surface area contributed by atoms with Crippen molar-refractivity contribution in [3.8, 4) is 11.5 Å². The molecule has 0 fully saturated rings. The van der Waals surface area contributed by atoms with E-state index in [0.29, 0.717) is 29.2 Å². The van der Waals surface area contributed by atoms with Gasteiger partial charge < -0.3 is 9.47 Å². The number of nitrogens with zero attached hydrogens (tertiary/aromatic N) is 2. The Labute approximate surface area is 192 Å². The Morgan fingerprint density at radius 2 is 1.70 bits per heavy atom. The normalized spacial score (nSPS) is 15.4. The molecule has 0 spiro atoms. The number of rotatable bonds is 6. The number of ether oxygens (including phenoxy) is 2. The molecule has 6 nitrogen and oxygen atoms in total. The molecule has 0 bridgehead atoms. The summed E-state index contributed by atoms with van der Waals surface area (Å²) in [5.74, 6) is 0.236. The van der Waals surface area contributed by atoms with E-state index in [1.54, 1.807) is 31.4 Å². The van der Waals surface area contributed by atoms with E-state index in [-0.39, 0.29) is 11.9 Å². The summed E-state index contributed by atoms with van der Waals surface area (Å²) in [6.45, 7) is 1.34. The highest BCUT2D eigenvalue weighted by molar-refractivity contribution is 6.06. The zero-order valence-corrected chi connectivity index (χ0v) is 18.5. The molecule has 0 saturated heterocycles. The lowest BCUT2D eigenvalue weighted by molar-refractivity contribution is -0.132. The van der Waals surface area contributed by atoms with E-state index in [1.165, 1.54) is 18.0 Å². The molecule has 0 N–H and O–H groups in total. The average molecular weight is 440 g/mol. The number of hydrogen-bond acceptors (Lipinski definition) is 5. The summed E-state index contributed by atoms with van der Waals surface area (Å²) in [5, 5.41) is 6.16. The predicted octanol–water partition coefficient (Wildman–Crippen LogP) is 5.01. The van der Waals surface area contributed by atoms with Crippen LogP contribution in [0.15, 0.2) is 90.0 Å². The van der Waals surface area contributed by atoms with E-state index in [2.05, 4.69) is 5.10 Å². The maximum Gasteiger partial charge on any atom is 0.308 e. The third kappa shape index (κ3) is 5.18. The minimum absolute atomic E-state index is 0.231. The SMILES string of the molecule is COc1ccc(C2=NN(C(=O)C=Cc3ccccc3)C(c3ccccc3)C2)c(OC(C)=O)c1. The molecule has 6 heteroatoms. The van der Waals surface area contributed by atoms with Crippen molar-refractivity contribution in [1.29, 1.82) is 0 Å². The molecule has 3 aromatic carbocycles. The zero-order chi connectivity index (χ0) is 23.2. The Kier molecular flexibility index (Phi) is 6.64. The first kappa shape index (κ1) is 22.0. The van der Waals surface area contributed by atoms with Crippen LogP contribution in [0.25, 0.3) is 6.08 Å². The van der Waals surface area contributed by atoms with Crippen LogP contribution in [0.3, 0.4) is 0 Å². The highest BCUT2D eigenvalue weighted by Crippen LogP contribution is 2.36. The van der Waals surface area contributed by atoms with E-state index in [4.69, 9.17) is 9.47 Å². The van der Waals surface area contributed by atoms with Crippen LogP contribution < -0.4 is 9.47 Å². The smallest absolute Gasteiger partial charge is 0.308 e. The van der Waals surface area contributed by atoms with Crippen molar-refractivity contribution >= 4 is 23.7 Å². The van der Waals surface area contributed by atoms with Crippen molar-refractivity contribution in [2.75, 3.05) is 7.11 Å². The van der Waals surface area contributed by atoms with Gasteiger partial charge in [0.15, 0.2) is 0 Å². The number of hydrogen-bond donors (Lipinski definition) is 0. The third-order valence-corrected chi connectivity index (χ3v) is 5.29. The number of benzene rings is 3. The quantitative estimate of drug-likeness (QED) is 0.307. The topological polar surface area (TPSA) is 68.2 Å². The van der Waals surface area contributed by atoms with Crippen molar-refractivity contribution in [2.24, 2.45) is 5.10 Å². The van der Waals surface area contributed by atoms with Crippen LogP contribution in [0.5, 0.6) is 11.5 Å². The van der Waals surface area contributed by atoms with Gasteiger partial charge in [0.25, 0.3) is 5.91 Å². The molecule has 1 aliphatic rings. The van der Waals surface area contributed by atoms with Crippen LogP contribution in [0, 0.1) is 0 Å². The Bertz CT molecular complexity index is 1200. The molecule has 166 valence electrons. The van der Waals surface area contributed by atoms with Crippen LogP contribution >= 0.6 is 0 Å². The second-order valence-electron chi connectivity index (χ2n) is 7.56. The second-order valence-corrected chi connectivity index (χ2v) is 7.56. The van der Waals surface area contributed by atoms with Gasteiger partial charge in [0.2, 0.25) is 0 Å². The van der Waals surface area contributed by atoms with Gasteiger partial charge in [-0.25, -0.2) is 5.01 Å². The lowest BCUT2D eigenvalue weighted by Gasteiger charge is -2.20. The lowest BCUT2D eigenvalue weighted by atomic mass is 9.98. The molecule has 1 heterocycles. The third-order valence-electron chi connectivity index (χ3n) is 5.29. The van der Waals surface area contributed by atoms with Gasteiger partial charge >= 0.3 is 5.97 Å². The number of amides is 1. The molecule has 33 heavy (non-hydrogen) atoms. The molecular formula is C27H24N2O4. The Hall–Kier alpha value is -4.19. The molecular weight excluding hydrogens is 416 g/mol. The standard InChI is InChI=1S/C27H24N2O4/c1-19(30)33-26-17-22(32-2)14-15-23(26)24-18-25(21-11-7-4-8-12-21)29(28-24)27(31)16-13-20-9-5-3-6-10-20/h3-17,25H,18H2,1-2H3. The number of carbonyl (C=O) groups is 2. The van der Waals surface area contributed by atoms with Crippen molar-refractivity contribution in [3.05, 3.63) is 102 Å². The van der Waals surface area contributed by atoms with Crippen LogP contribution in [0.4, 0.5) is 0 Å². The van der Waals surface area contributed by atoms with E-state index in [0.717, 1.165) is 11.1 Å². The summed E-state index contributed by atoms with van der Waals surface area (Å²) >= 11 is 0. The van der Waals surface area contributed by atoms with Gasteiger partial charge in [-0.3, -0.25) is 9.59 Å². The van der Waals surface area contributed by atoms with Gasteiger partial charge in [-0.1, -0.05) is 60.7 Å². The van der Waals surface area contributed by atoms with Gasteiger partial charge in [0.05, 0.1) is 18.9 Å². The fraction of sp³-hybridized carbons (Fsp3) is 0.148. The molecule has 4 rings (SSSR count). The number of esters is 1. The van der Waals surface area contributed by atoms with Crippen LogP contribution in [0.2, 0.25) is 0 Å². The summed E-state index contributed by atoms with van der Waals surface area (Å²) in [5.41, 5.74) is 3.21. The van der Waals surface area contributed by atoms with Crippen LogP contribution in [-0.2, 0) is 9.59 Å². The van der Waals surface area contributed by atoms with Crippen LogP contribution in [0.1, 0.15) is 36.1 Å². The van der Waals surface area contributed by atoms with Gasteiger partial charge in [-0.2, -0.15) is 5.10 Å². The van der Waals surface area contributed by atoms with Crippen molar-refractivity contribution in [2.45, 2.75) is 19.4 Å². The molecule has 1 unspecified atom stereocenters. The molecule has 1 atom stereocenters. The summed E-state index contributed by atoms with van der Waals surface area (Å²) in [4.78, 5) is 24.9. The summed E-state index contributed by atoms with van der Waals surface area (Å²) in [6.07, 6.45) is 3.78. The average Bonchev–Trinajstić information content (AvgIpc) is 3.28. The predicted molar refractivity (Wildman–Crippen MR) is 127 cm³/mol. The first-order valence-corrected chi connectivity index (χ1v) is 10.6. The van der Waals surface area contributed by atoms with Gasteiger partial charge in [-0.05, 0) is 29.3 Å². The Balaban J connectivity index is 1.70. The molecule has 3 aromatic rings. The first-order chi connectivity index (χ1) is 16.0. The van der Waals surface area contributed by atoms with Gasteiger partial charge in [0, 0.05) is 31.1 Å². The fourth-order valence-corrected chi connectivity index (χ4v) is 3.73. The molecule has 1 aliphatic heterocycles. The fourth-order valence-electron chi connectivity index (χ4n) is 3.73. The van der Waals surface area contributed by atoms with E-state index in [1.807, 2.05) is 60.7 Å². The Morgan fingerprint density at radius 3 is 2.36 bits per heavy atom. The van der Waals surface area contributed by atoms with E-state index < -0.39 is 5.97 Å². The monoisotopic (exact) mass is 440 g/mol. The highest BCUT2D eigenvalue weighted by Gasteiger charge is 2.33. The first-order valence-electron chi connectivity index (χ1n) is 10.6. The highest BCUT2D eigenvalue weighted by atomic mass is 16.5. The summed E-state index contributed by atoms with van der Waals surface area (Å²) < 4.78 is 10.7. The maximum atomic E-state index is 13.2. The summed E-state index contributed by atoms with van der Waals surface area (Å²) in [7, 11) is 1.55. The Morgan fingerprint density at radius 1 is 1.00 bits per heavy atom. The van der Waals surface area contributed by atoms with Gasteiger partial charge in [-0.15, -0.1) is 0 Å². The number of hydrazone groups is 1. The molecule has 0 saturated carbocycles. The van der Waals surface area contributed by atoms with Gasteiger partial charge in [0.1, 0.15) is 11.5 Å². The van der Waals surface area contributed by atoms with Crippen molar-refractivity contribution < 1.29 is 19.1 Å². The number of carbonyl (C=O) groups excluding carboxylic acids is 2. The minimum Gasteiger partial charge on any atom is -0.497 e. The van der Waals surface area contributed by atoms with E-state index in [9.17, 15) is 9.59 Å². The maximum absolute atomic E-state index is 13.2. The molecule has 0 aromatic heterocycles. The second kappa shape index (κ2) is 9.96. The molecule has 0 aliphatic carbocycles. The minimum atomic E-state index is -0.443. The largest absolute Gasteiger partial charge is 0.497 e. The number of methoxy groups -OCH3 is 1. The van der Waals surface area contributed by atoms with Crippen molar-refractivity contribution in [1.82, 2.24) is 5.01 Å². The van der Waals surface area contributed by atoms with Crippen molar-refractivity contribution in [3.63, 3.8) is 0 Å². The lowest BCUT2D eigenvalue weighted by Crippen LogP contribution is -2.25. The van der Waals surface area contributed by atoms with E-state index >= 15 is 0 Å². The molecule has 1 amide bonds. The molecule has 0 radical (unpaired) electrons. The zero-order valence-electron chi connectivity index (χ0n) is 18.5.